The van der Waals surface area contributed by atoms with Gasteiger partial charge in [-0.2, -0.15) is 5.10 Å². The molecule has 1 aliphatic carbocycles. The number of halogens is 4. The summed E-state index contributed by atoms with van der Waals surface area (Å²) in [6.45, 7) is 1.59. The highest BCUT2D eigenvalue weighted by Crippen LogP contribution is 2.34. The minimum Gasteiger partial charge on any atom is -0.367 e. The van der Waals surface area contributed by atoms with Gasteiger partial charge in [0.2, 0.25) is 11.8 Å². The van der Waals surface area contributed by atoms with Crippen molar-refractivity contribution in [3.8, 4) is 5.82 Å². The third-order valence-electron chi connectivity index (χ3n) is 4.55. The fourth-order valence-corrected chi connectivity index (χ4v) is 3.07. The molecule has 0 spiro atoms. The fraction of sp³-hybridized carbons (Fsp3) is 0.500. The molecule has 6 nitrogen and oxygen atoms in total. The topological polar surface area (TPSA) is 71.8 Å². The Morgan fingerprint density at radius 2 is 2.04 bits per heavy atom. The summed E-state index contributed by atoms with van der Waals surface area (Å²) >= 11 is 0. The van der Waals surface area contributed by atoms with E-state index in [9.17, 15) is 22.4 Å². The SMILES string of the molecule is CC(=O)NCc1cc(NC2CCC(F)(F)CC2)nc(-n2ccc(C(F)F)n2)c1. The minimum absolute atomic E-state index is 0.162. The van der Waals surface area contributed by atoms with E-state index in [0.717, 1.165) is 0 Å². The van der Waals surface area contributed by atoms with Crippen LogP contribution < -0.4 is 10.6 Å². The highest BCUT2D eigenvalue weighted by atomic mass is 19.3. The molecule has 0 unspecified atom stereocenters. The van der Waals surface area contributed by atoms with Gasteiger partial charge in [-0.05, 0) is 36.6 Å². The van der Waals surface area contributed by atoms with Crippen LogP contribution >= 0.6 is 0 Å². The van der Waals surface area contributed by atoms with Crippen LogP contribution in [-0.2, 0) is 11.3 Å². The maximum absolute atomic E-state index is 13.4. The molecule has 0 aromatic carbocycles. The normalized spacial score (nSPS) is 16.9. The zero-order valence-corrected chi connectivity index (χ0v) is 15.3. The number of pyridine rings is 1. The van der Waals surface area contributed by atoms with Gasteiger partial charge in [0.15, 0.2) is 5.82 Å². The third kappa shape index (κ3) is 5.20. The summed E-state index contributed by atoms with van der Waals surface area (Å²) in [5.41, 5.74) is 0.302. The van der Waals surface area contributed by atoms with Gasteiger partial charge in [-0.1, -0.05) is 0 Å². The minimum atomic E-state index is -2.70. The van der Waals surface area contributed by atoms with Crippen LogP contribution in [0.1, 0.15) is 50.3 Å². The van der Waals surface area contributed by atoms with Crippen LogP contribution in [0.15, 0.2) is 24.4 Å². The predicted molar refractivity (Wildman–Crippen MR) is 94.7 cm³/mol. The van der Waals surface area contributed by atoms with Gasteiger partial charge in [-0.25, -0.2) is 27.2 Å². The molecular formula is C18H21F4N5O. The quantitative estimate of drug-likeness (QED) is 0.725. The van der Waals surface area contributed by atoms with E-state index in [1.54, 1.807) is 12.1 Å². The first-order valence-corrected chi connectivity index (χ1v) is 8.96. The molecule has 0 saturated heterocycles. The zero-order valence-electron chi connectivity index (χ0n) is 15.3. The van der Waals surface area contributed by atoms with Crippen molar-refractivity contribution in [3.05, 3.63) is 35.7 Å². The Balaban J connectivity index is 1.83. The Bertz CT molecular complexity index is 829. The van der Waals surface area contributed by atoms with Gasteiger partial charge in [0.25, 0.3) is 6.43 Å². The van der Waals surface area contributed by atoms with E-state index in [0.29, 0.717) is 30.0 Å². The van der Waals surface area contributed by atoms with Crippen molar-refractivity contribution in [1.29, 1.82) is 0 Å². The van der Waals surface area contributed by atoms with E-state index in [-0.39, 0.29) is 37.0 Å². The molecule has 0 radical (unpaired) electrons. The Kier molecular flexibility index (Phi) is 5.85. The lowest BCUT2D eigenvalue weighted by atomic mass is 9.92. The molecule has 1 aliphatic rings. The van der Waals surface area contributed by atoms with Crippen LogP contribution in [-0.4, -0.2) is 32.6 Å². The Labute approximate surface area is 159 Å². The summed E-state index contributed by atoms with van der Waals surface area (Å²) in [4.78, 5) is 15.6. The summed E-state index contributed by atoms with van der Waals surface area (Å²) in [5.74, 6) is -2.15. The maximum Gasteiger partial charge on any atom is 0.282 e. The molecule has 1 fully saturated rings. The fourth-order valence-electron chi connectivity index (χ4n) is 3.07. The van der Waals surface area contributed by atoms with Crippen molar-refractivity contribution in [1.82, 2.24) is 20.1 Å². The number of aromatic nitrogens is 3. The molecule has 2 heterocycles. The van der Waals surface area contributed by atoms with Crippen molar-refractivity contribution in [2.24, 2.45) is 0 Å². The van der Waals surface area contributed by atoms with Gasteiger partial charge < -0.3 is 10.6 Å². The first-order chi connectivity index (χ1) is 13.2. The van der Waals surface area contributed by atoms with E-state index in [4.69, 9.17) is 0 Å². The number of carbonyl (C=O) groups excluding carboxylic acids is 1. The van der Waals surface area contributed by atoms with Gasteiger partial charge in [0, 0.05) is 38.5 Å². The summed E-state index contributed by atoms with van der Waals surface area (Å²) in [6.07, 6.45) is -1.11. The number of amides is 1. The molecular weight excluding hydrogens is 378 g/mol. The lowest BCUT2D eigenvalue weighted by Gasteiger charge is -2.29. The first-order valence-electron chi connectivity index (χ1n) is 8.96. The summed E-state index contributed by atoms with van der Waals surface area (Å²) in [5, 5.41) is 9.62. The molecule has 3 rings (SSSR count). The third-order valence-corrected chi connectivity index (χ3v) is 4.55. The second-order valence-electron chi connectivity index (χ2n) is 6.89. The lowest BCUT2D eigenvalue weighted by molar-refractivity contribution is -0.119. The highest BCUT2D eigenvalue weighted by Gasteiger charge is 2.35. The van der Waals surface area contributed by atoms with Gasteiger partial charge in [-0.15, -0.1) is 0 Å². The first kappa shape index (κ1) is 20.1. The van der Waals surface area contributed by atoms with Crippen LogP contribution in [0.25, 0.3) is 5.82 Å². The van der Waals surface area contributed by atoms with Crippen LogP contribution in [0.4, 0.5) is 23.4 Å². The highest BCUT2D eigenvalue weighted by molar-refractivity contribution is 5.72. The van der Waals surface area contributed by atoms with Crippen molar-refractivity contribution >= 4 is 11.7 Å². The van der Waals surface area contributed by atoms with Crippen LogP contribution in [0, 0.1) is 0 Å². The van der Waals surface area contributed by atoms with E-state index >= 15 is 0 Å². The monoisotopic (exact) mass is 399 g/mol. The van der Waals surface area contributed by atoms with E-state index < -0.39 is 12.3 Å². The Hall–Kier alpha value is -2.65. The van der Waals surface area contributed by atoms with Crippen LogP contribution in [0.3, 0.4) is 0 Å². The molecule has 152 valence electrons. The Morgan fingerprint density at radius 3 is 2.64 bits per heavy atom. The molecule has 0 bridgehead atoms. The Morgan fingerprint density at radius 1 is 1.32 bits per heavy atom. The standard InChI is InChI=1S/C18H21F4N5O/c1-11(28)23-10-12-8-15(24-13-2-5-18(21,22)6-3-13)25-16(9-12)27-7-4-14(26-27)17(19)20/h4,7-9,13,17H,2-3,5-6,10H2,1H3,(H,23,28)(H,24,25). The number of anilines is 1. The average Bonchev–Trinajstić information content (AvgIpc) is 3.12. The molecule has 0 aliphatic heterocycles. The number of nitrogens with one attached hydrogen (secondary N) is 2. The number of carbonyl (C=O) groups is 1. The predicted octanol–water partition coefficient (Wildman–Crippen LogP) is 3.83. The molecule has 28 heavy (non-hydrogen) atoms. The van der Waals surface area contributed by atoms with Crippen molar-refractivity contribution in [2.45, 2.75) is 57.5 Å². The molecule has 10 heteroatoms. The molecule has 2 aromatic rings. The number of hydrogen-bond acceptors (Lipinski definition) is 4. The van der Waals surface area contributed by atoms with Crippen molar-refractivity contribution in [2.75, 3.05) is 5.32 Å². The van der Waals surface area contributed by atoms with Gasteiger partial charge >= 0.3 is 0 Å². The van der Waals surface area contributed by atoms with Crippen LogP contribution in [0.5, 0.6) is 0 Å². The molecule has 2 N–H and O–H groups in total. The summed E-state index contributed by atoms with van der Waals surface area (Å²) in [7, 11) is 0. The largest absolute Gasteiger partial charge is 0.367 e. The van der Waals surface area contributed by atoms with E-state index in [1.807, 2.05) is 0 Å². The number of rotatable bonds is 6. The average molecular weight is 399 g/mol. The summed E-state index contributed by atoms with van der Waals surface area (Å²) < 4.78 is 53.6. The molecule has 2 aromatic heterocycles. The molecule has 1 amide bonds. The second-order valence-corrected chi connectivity index (χ2v) is 6.89. The zero-order chi connectivity index (χ0) is 20.3. The maximum atomic E-state index is 13.4. The number of nitrogens with zero attached hydrogens (tertiary/aromatic N) is 3. The van der Waals surface area contributed by atoms with Crippen molar-refractivity contribution < 1.29 is 22.4 Å². The van der Waals surface area contributed by atoms with Crippen molar-refractivity contribution in [3.63, 3.8) is 0 Å². The smallest absolute Gasteiger partial charge is 0.282 e. The molecule has 1 saturated carbocycles. The van der Waals surface area contributed by atoms with Gasteiger partial charge in [0.1, 0.15) is 11.5 Å². The number of alkyl halides is 4. The summed E-state index contributed by atoms with van der Waals surface area (Å²) in [6, 6.07) is 4.36. The van der Waals surface area contributed by atoms with E-state index in [2.05, 4.69) is 20.7 Å². The van der Waals surface area contributed by atoms with Gasteiger partial charge in [-0.3, -0.25) is 4.79 Å². The molecule has 0 atom stereocenters. The second kappa shape index (κ2) is 8.15. The van der Waals surface area contributed by atoms with Gasteiger partial charge in [0.05, 0.1) is 0 Å². The lowest BCUT2D eigenvalue weighted by Crippen LogP contribution is -2.32. The van der Waals surface area contributed by atoms with E-state index in [1.165, 1.54) is 23.9 Å². The number of hydrogen-bond donors (Lipinski definition) is 2. The van der Waals surface area contributed by atoms with Crippen LogP contribution in [0.2, 0.25) is 0 Å².